The molecule has 180 valence electrons. The van der Waals surface area contributed by atoms with Crippen LogP contribution < -0.4 is 10.1 Å². The molecule has 4 heterocycles. The number of rotatable bonds is 4. The van der Waals surface area contributed by atoms with Gasteiger partial charge >= 0.3 is 6.03 Å². The lowest BCUT2D eigenvalue weighted by molar-refractivity contribution is 0.0572. The van der Waals surface area contributed by atoms with Crippen molar-refractivity contribution in [1.82, 2.24) is 19.8 Å². The largest absolute Gasteiger partial charge is 0.456 e. The van der Waals surface area contributed by atoms with E-state index in [0.29, 0.717) is 21.9 Å². The Labute approximate surface area is 204 Å². The van der Waals surface area contributed by atoms with E-state index in [1.165, 1.54) is 16.2 Å². The Morgan fingerprint density at radius 2 is 1.89 bits per heavy atom. The maximum absolute atomic E-state index is 12.9. The fraction of sp³-hybridized carbons (Fsp3) is 0.320. The van der Waals surface area contributed by atoms with E-state index in [9.17, 15) is 19.8 Å². The second-order valence-electron chi connectivity index (χ2n) is 9.15. The minimum absolute atomic E-state index is 0.1000. The van der Waals surface area contributed by atoms with Gasteiger partial charge in [0.15, 0.2) is 0 Å². The highest BCUT2D eigenvalue weighted by molar-refractivity contribution is 7.21. The summed E-state index contributed by atoms with van der Waals surface area (Å²) in [5.74, 6) is 0.927. The molecule has 0 unspecified atom stereocenters. The number of ether oxygens (including phenoxy) is 1. The lowest BCUT2D eigenvalue weighted by Gasteiger charge is -2.13. The van der Waals surface area contributed by atoms with Crippen LogP contribution in [0, 0.1) is 6.92 Å². The molecule has 3 N–H and O–H groups in total. The number of β-amino-alcohol motifs (C(OH)–C–C–N with tert-alkyl or cyclic N) is 2. The normalized spacial score (nSPS) is 20.0. The number of aryl methyl sites for hydroxylation is 1. The van der Waals surface area contributed by atoms with E-state index in [1.54, 1.807) is 22.9 Å². The highest BCUT2D eigenvalue weighted by Crippen LogP contribution is 2.36. The third-order valence-corrected chi connectivity index (χ3v) is 7.55. The highest BCUT2D eigenvalue weighted by atomic mass is 32.1. The van der Waals surface area contributed by atoms with E-state index < -0.39 is 12.2 Å². The van der Waals surface area contributed by atoms with E-state index in [2.05, 4.69) is 10.3 Å². The van der Waals surface area contributed by atoms with Gasteiger partial charge in [0.2, 0.25) is 0 Å². The molecular formula is C25H24N4O5S. The molecule has 35 heavy (non-hydrogen) atoms. The van der Waals surface area contributed by atoms with Crippen LogP contribution in [0.15, 0.2) is 42.6 Å². The Morgan fingerprint density at radius 3 is 2.63 bits per heavy atom. The first-order chi connectivity index (χ1) is 16.9. The summed E-state index contributed by atoms with van der Waals surface area (Å²) in [6.45, 7) is 2.10. The average molecular weight is 493 g/mol. The number of aliphatic hydroxyl groups excluding tert-OH is 2. The second-order valence-corrected chi connectivity index (χ2v) is 10.2. The second kappa shape index (κ2) is 8.33. The Kier molecular flexibility index (Phi) is 5.24. The fourth-order valence-corrected chi connectivity index (χ4v) is 5.48. The van der Waals surface area contributed by atoms with Crippen molar-refractivity contribution >= 4 is 44.4 Å². The van der Waals surface area contributed by atoms with Gasteiger partial charge in [0.1, 0.15) is 11.5 Å². The summed E-state index contributed by atoms with van der Waals surface area (Å²) in [6, 6.07) is 11.2. The fourth-order valence-electron chi connectivity index (χ4n) is 4.45. The molecule has 0 radical (unpaired) electrons. The number of hydrogen-bond donors (Lipinski definition) is 3. The molecule has 1 aromatic carbocycles. The van der Waals surface area contributed by atoms with Gasteiger partial charge < -0.3 is 25.2 Å². The lowest BCUT2D eigenvalue weighted by Crippen LogP contribution is -2.30. The Morgan fingerprint density at radius 1 is 1.11 bits per heavy atom. The van der Waals surface area contributed by atoms with Gasteiger partial charge in [-0.05, 0) is 50.1 Å². The zero-order chi connectivity index (χ0) is 24.3. The Hall–Kier alpha value is -3.47. The first-order valence-corrected chi connectivity index (χ1v) is 12.3. The van der Waals surface area contributed by atoms with Crippen molar-refractivity contribution in [1.29, 1.82) is 0 Å². The van der Waals surface area contributed by atoms with Gasteiger partial charge in [0, 0.05) is 42.5 Å². The number of fused-ring (bicyclic) bond motifs is 2. The quantitative estimate of drug-likeness (QED) is 0.403. The molecule has 1 aliphatic carbocycles. The molecule has 1 saturated heterocycles. The number of nitrogens with one attached hydrogen (secondary N) is 1. The van der Waals surface area contributed by atoms with Gasteiger partial charge in [-0.2, -0.15) is 0 Å². The molecule has 1 saturated carbocycles. The predicted octanol–water partition coefficient (Wildman–Crippen LogP) is 3.25. The SMILES string of the molecule is Cc1cc2cc(Oc3ccnc4cc(C(=O)N5C[C@@H](O)[C@@H](O)C5)sc34)ccc2n1C(=O)NC1CC1. The third kappa shape index (κ3) is 4.03. The number of amides is 2. The number of aliphatic hydroxyl groups is 2. The summed E-state index contributed by atoms with van der Waals surface area (Å²) in [6.07, 6.45) is 1.82. The van der Waals surface area contributed by atoms with E-state index in [4.69, 9.17) is 4.74 Å². The molecule has 4 aromatic rings. The minimum Gasteiger partial charge on any atom is -0.456 e. The van der Waals surface area contributed by atoms with Crippen molar-refractivity contribution < 1.29 is 24.5 Å². The summed E-state index contributed by atoms with van der Waals surface area (Å²) in [7, 11) is 0. The summed E-state index contributed by atoms with van der Waals surface area (Å²) in [5, 5.41) is 23.5. The zero-order valence-corrected chi connectivity index (χ0v) is 19.8. The number of carbonyl (C=O) groups excluding carboxylic acids is 2. The first-order valence-electron chi connectivity index (χ1n) is 11.5. The molecule has 2 aliphatic rings. The standard InChI is InChI=1S/C25H24N4O5S/c1-13-8-14-9-16(4-5-18(14)29(13)25(33)27-15-2-3-15)34-21-6-7-26-17-10-22(35-23(17)21)24(32)28-11-19(30)20(31)12-28/h4-10,15,19-20,30-31H,2-3,11-12H2,1H3,(H,27,33)/t19-,20+. The van der Waals surface area contributed by atoms with Crippen molar-refractivity contribution in [3.05, 3.63) is 53.2 Å². The van der Waals surface area contributed by atoms with Crippen LogP contribution in [0.1, 0.15) is 28.2 Å². The molecule has 9 nitrogen and oxygen atoms in total. The predicted molar refractivity (Wildman–Crippen MR) is 131 cm³/mol. The lowest BCUT2D eigenvalue weighted by atomic mass is 10.2. The molecule has 1 aliphatic heterocycles. The average Bonchev–Trinajstić information content (AvgIpc) is 3.27. The maximum Gasteiger partial charge on any atom is 0.326 e. The van der Waals surface area contributed by atoms with E-state index in [1.807, 2.05) is 31.2 Å². The van der Waals surface area contributed by atoms with E-state index in [-0.39, 0.29) is 31.1 Å². The van der Waals surface area contributed by atoms with E-state index >= 15 is 0 Å². The van der Waals surface area contributed by atoms with Gasteiger partial charge in [-0.1, -0.05) is 0 Å². The number of benzene rings is 1. The van der Waals surface area contributed by atoms with Crippen molar-refractivity contribution in [2.75, 3.05) is 13.1 Å². The molecule has 2 fully saturated rings. The molecule has 6 rings (SSSR count). The van der Waals surface area contributed by atoms with Crippen molar-refractivity contribution in [2.24, 2.45) is 0 Å². The number of aromatic nitrogens is 2. The number of pyridine rings is 1. The highest BCUT2D eigenvalue weighted by Gasteiger charge is 2.33. The van der Waals surface area contributed by atoms with Crippen LogP contribution >= 0.6 is 11.3 Å². The van der Waals surface area contributed by atoms with Crippen LogP contribution in [-0.2, 0) is 0 Å². The number of carbonyl (C=O) groups is 2. The maximum atomic E-state index is 12.9. The number of thiophene rings is 1. The molecule has 2 amide bonds. The first kappa shape index (κ1) is 22.0. The van der Waals surface area contributed by atoms with Crippen molar-refractivity contribution in [3.8, 4) is 11.5 Å². The zero-order valence-electron chi connectivity index (χ0n) is 19.0. The van der Waals surface area contributed by atoms with Crippen LogP contribution in [0.2, 0.25) is 0 Å². The van der Waals surface area contributed by atoms with Crippen LogP contribution in [0.5, 0.6) is 11.5 Å². The number of hydrogen-bond acceptors (Lipinski definition) is 7. The Bertz CT molecular complexity index is 1460. The van der Waals surface area contributed by atoms with Crippen LogP contribution in [0.4, 0.5) is 4.79 Å². The number of likely N-dealkylation sites (tertiary alicyclic amines) is 1. The molecule has 2 atom stereocenters. The van der Waals surface area contributed by atoms with Crippen LogP contribution in [0.25, 0.3) is 21.1 Å². The summed E-state index contributed by atoms with van der Waals surface area (Å²) >= 11 is 1.27. The van der Waals surface area contributed by atoms with Gasteiger partial charge in [0.05, 0.1) is 32.8 Å². The van der Waals surface area contributed by atoms with Gasteiger partial charge in [-0.3, -0.25) is 14.3 Å². The van der Waals surface area contributed by atoms with Crippen molar-refractivity contribution in [3.63, 3.8) is 0 Å². The Balaban J connectivity index is 1.28. The van der Waals surface area contributed by atoms with Crippen LogP contribution in [0.3, 0.4) is 0 Å². The smallest absolute Gasteiger partial charge is 0.326 e. The molecular weight excluding hydrogens is 468 g/mol. The monoisotopic (exact) mass is 492 g/mol. The topological polar surface area (TPSA) is 117 Å². The van der Waals surface area contributed by atoms with Gasteiger partial charge in [0.25, 0.3) is 5.91 Å². The van der Waals surface area contributed by atoms with Crippen LogP contribution in [-0.4, -0.2) is 67.9 Å². The summed E-state index contributed by atoms with van der Waals surface area (Å²) in [4.78, 5) is 31.8. The van der Waals surface area contributed by atoms with E-state index in [0.717, 1.165) is 34.1 Å². The third-order valence-electron chi connectivity index (χ3n) is 6.43. The summed E-state index contributed by atoms with van der Waals surface area (Å²) in [5.41, 5.74) is 2.29. The number of nitrogens with zero attached hydrogens (tertiary/aromatic N) is 3. The molecule has 10 heteroatoms. The van der Waals surface area contributed by atoms with Gasteiger partial charge in [-0.15, -0.1) is 11.3 Å². The molecule has 0 bridgehead atoms. The minimum atomic E-state index is -0.932. The molecule has 3 aromatic heterocycles. The summed E-state index contributed by atoms with van der Waals surface area (Å²) < 4.78 is 8.61. The van der Waals surface area contributed by atoms with Gasteiger partial charge in [-0.25, -0.2) is 4.79 Å². The van der Waals surface area contributed by atoms with Crippen molar-refractivity contribution in [2.45, 2.75) is 38.0 Å². The molecule has 0 spiro atoms.